The van der Waals surface area contributed by atoms with Gasteiger partial charge >= 0.3 is 6.18 Å². The Bertz CT molecular complexity index is 509. The summed E-state index contributed by atoms with van der Waals surface area (Å²) in [6.45, 7) is 8.32. The third-order valence-electron chi connectivity index (χ3n) is 4.55. The van der Waals surface area contributed by atoms with Crippen LogP contribution in [-0.4, -0.2) is 23.1 Å². The average molecular weight is 288 g/mol. The fourth-order valence-electron chi connectivity index (χ4n) is 2.48. The first kappa shape index (κ1) is 14.9. The number of aromatic nitrogens is 2. The van der Waals surface area contributed by atoms with E-state index in [1.165, 1.54) is 7.05 Å². The predicted octanol–water partition coefficient (Wildman–Crippen LogP) is 3.38. The fourth-order valence-corrected chi connectivity index (χ4v) is 2.48. The minimum atomic E-state index is -4.49. The summed E-state index contributed by atoms with van der Waals surface area (Å²) in [5.41, 5.74) is -0.928. The molecular weight excluding hydrogens is 269 g/mol. The van der Waals surface area contributed by atoms with Crippen LogP contribution >= 0.6 is 0 Å². The van der Waals surface area contributed by atoms with E-state index in [1.54, 1.807) is 0 Å². The van der Waals surface area contributed by atoms with Gasteiger partial charge in [-0.2, -0.15) is 18.2 Å². The van der Waals surface area contributed by atoms with E-state index in [1.807, 2.05) is 0 Å². The van der Waals surface area contributed by atoms with Gasteiger partial charge in [0.15, 0.2) is 5.69 Å². The van der Waals surface area contributed by atoms with Gasteiger partial charge in [-0.15, -0.1) is 0 Å². The molecule has 4 nitrogen and oxygen atoms in total. The van der Waals surface area contributed by atoms with Crippen molar-refractivity contribution in [3.8, 4) is 0 Å². The quantitative estimate of drug-likeness (QED) is 0.895. The van der Waals surface area contributed by atoms with Crippen molar-refractivity contribution in [1.82, 2.24) is 9.97 Å². The molecule has 1 aliphatic rings. The van der Waals surface area contributed by atoms with Crippen LogP contribution < -0.4 is 10.6 Å². The maximum absolute atomic E-state index is 12.8. The van der Waals surface area contributed by atoms with E-state index in [4.69, 9.17) is 0 Å². The SMILES string of the molecule is CNc1nc(NC2C(C)(C)C2(C)C)cc(C(F)(F)F)n1. The first-order chi connectivity index (χ1) is 9.00. The largest absolute Gasteiger partial charge is 0.433 e. The zero-order chi connectivity index (χ0) is 15.3. The number of hydrogen-bond donors (Lipinski definition) is 2. The Labute approximate surface area is 116 Å². The van der Waals surface area contributed by atoms with Gasteiger partial charge in [0.25, 0.3) is 0 Å². The summed E-state index contributed by atoms with van der Waals surface area (Å²) >= 11 is 0. The second-order valence-corrected chi connectivity index (χ2v) is 6.23. The van der Waals surface area contributed by atoms with Crippen molar-refractivity contribution in [3.05, 3.63) is 11.8 Å². The Morgan fingerprint density at radius 3 is 2.05 bits per heavy atom. The molecule has 0 bridgehead atoms. The number of rotatable bonds is 3. The van der Waals surface area contributed by atoms with Crippen LogP contribution in [0.15, 0.2) is 6.07 Å². The van der Waals surface area contributed by atoms with E-state index < -0.39 is 11.9 Å². The maximum Gasteiger partial charge on any atom is 0.433 e. The number of anilines is 2. The minimum absolute atomic E-state index is 0.0101. The van der Waals surface area contributed by atoms with Crippen LogP contribution in [0.1, 0.15) is 33.4 Å². The van der Waals surface area contributed by atoms with E-state index in [-0.39, 0.29) is 28.6 Å². The second kappa shape index (κ2) is 4.23. The molecule has 1 saturated carbocycles. The molecule has 1 aromatic rings. The number of hydrogen-bond acceptors (Lipinski definition) is 4. The molecule has 1 heterocycles. The zero-order valence-corrected chi connectivity index (χ0v) is 12.2. The van der Waals surface area contributed by atoms with Gasteiger partial charge in [-0.3, -0.25) is 0 Å². The molecule has 2 rings (SSSR count). The average Bonchev–Trinajstić information content (AvgIpc) is 2.70. The van der Waals surface area contributed by atoms with Crippen LogP contribution in [0, 0.1) is 10.8 Å². The number of nitrogens with one attached hydrogen (secondary N) is 2. The van der Waals surface area contributed by atoms with Crippen molar-refractivity contribution in [3.63, 3.8) is 0 Å². The Morgan fingerprint density at radius 2 is 1.65 bits per heavy atom. The number of halogens is 3. The summed E-state index contributed by atoms with van der Waals surface area (Å²) in [5.74, 6) is 0.152. The molecule has 0 aromatic carbocycles. The van der Waals surface area contributed by atoms with E-state index in [0.717, 1.165) is 6.07 Å². The molecule has 0 unspecified atom stereocenters. The Kier molecular flexibility index (Phi) is 3.15. The summed E-state index contributed by atoms with van der Waals surface area (Å²) in [7, 11) is 1.49. The third kappa shape index (κ3) is 2.29. The van der Waals surface area contributed by atoms with Crippen molar-refractivity contribution < 1.29 is 13.2 Å². The molecule has 112 valence electrons. The number of alkyl halides is 3. The lowest BCUT2D eigenvalue weighted by atomic mass is 10.0. The van der Waals surface area contributed by atoms with Gasteiger partial charge in [0.05, 0.1) is 0 Å². The molecule has 0 radical (unpaired) electrons. The summed E-state index contributed by atoms with van der Waals surface area (Å²) < 4.78 is 38.4. The van der Waals surface area contributed by atoms with Crippen molar-refractivity contribution in [2.75, 3.05) is 17.7 Å². The number of nitrogens with zero attached hydrogens (tertiary/aromatic N) is 2. The van der Waals surface area contributed by atoms with Gasteiger partial charge in [0, 0.05) is 19.2 Å². The molecule has 0 amide bonds. The predicted molar refractivity (Wildman–Crippen MR) is 71.6 cm³/mol. The van der Waals surface area contributed by atoms with Crippen LogP contribution in [0.4, 0.5) is 24.9 Å². The summed E-state index contributed by atoms with van der Waals surface area (Å²) in [6, 6.07) is 1.03. The molecule has 0 saturated heterocycles. The van der Waals surface area contributed by atoms with Gasteiger partial charge in [-0.25, -0.2) is 4.98 Å². The first-order valence-corrected chi connectivity index (χ1v) is 6.40. The van der Waals surface area contributed by atoms with Crippen LogP contribution in [0.3, 0.4) is 0 Å². The summed E-state index contributed by atoms with van der Waals surface area (Å²) in [6.07, 6.45) is -4.49. The third-order valence-corrected chi connectivity index (χ3v) is 4.55. The zero-order valence-electron chi connectivity index (χ0n) is 12.2. The first-order valence-electron chi connectivity index (χ1n) is 6.40. The second-order valence-electron chi connectivity index (χ2n) is 6.23. The molecule has 1 aromatic heterocycles. The van der Waals surface area contributed by atoms with Crippen LogP contribution in [0.25, 0.3) is 0 Å². The topological polar surface area (TPSA) is 49.8 Å². The molecule has 20 heavy (non-hydrogen) atoms. The lowest BCUT2D eigenvalue weighted by Gasteiger charge is -2.12. The van der Waals surface area contributed by atoms with Crippen molar-refractivity contribution in [2.45, 2.75) is 39.9 Å². The minimum Gasteiger partial charge on any atom is -0.366 e. The van der Waals surface area contributed by atoms with Crippen molar-refractivity contribution in [2.24, 2.45) is 10.8 Å². The van der Waals surface area contributed by atoms with Gasteiger partial charge in [0.2, 0.25) is 5.95 Å². The van der Waals surface area contributed by atoms with Crippen molar-refractivity contribution in [1.29, 1.82) is 0 Å². The molecule has 1 fully saturated rings. The molecule has 1 aliphatic carbocycles. The summed E-state index contributed by atoms with van der Waals surface area (Å²) in [4.78, 5) is 7.48. The maximum atomic E-state index is 12.8. The molecule has 7 heteroatoms. The molecule has 0 atom stereocenters. The van der Waals surface area contributed by atoms with Crippen molar-refractivity contribution >= 4 is 11.8 Å². The molecular formula is C13H19F3N4. The van der Waals surface area contributed by atoms with E-state index in [2.05, 4.69) is 48.3 Å². The highest BCUT2D eigenvalue weighted by molar-refractivity contribution is 5.47. The van der Waals surface area contributed by atoms with Gasteiger partial charge in [0.1, 0.15) is 5.82 Å². The smallest absolute Gasteiger partial charge is 0.366 e. The Hall–Kier alpha value is -1.53. The normalized spacial score (nSPS) is 20.6. The van der Waals surface area contributed by atoms with Gasteiger partial charge in [-0.05, 0) is 10.8 Å². The van der Waals surface area contributed by atoms with E-state index >= 15 is 0 Å². The Morgan fingerprint density at radius 1 is 1.10 bits per heavy atom. The van der Waals surface area contributed by atoms with E-state index in [0.29, 0.717) is 0 Å². The molecule has 0 spiro atoms. The van der Waals surface area contributed by atoms with Gasteiger partial charge < -0.3 is 10.6 Å². The van der Waals surface area contributed by atoms with E-state index in [9.17, 15) is 13.2 Å². The fraction of sp³-hybridized carbons (Fsp3) is 0.692. The summed E-state index contributed by atoms with van der Waals surface area (Å²) in [5, 5.41) is 5.65. The standard InChI is InChI=1S/C13H19F3N4/c1-11(2)9(12(11,3)4)19-8-6-7(13(14,15)16)18-10(17-5)20-8/h6,9H,1-5H3,(H2,17,18,19,20). The lowest BCUT2D eigenvalue weighted by Crippen LogP contribution is -2.16. The monoisotopic (exact) mass is 288 g/mol. The van der Waals surface area contributed by atoms with Gasteiger partial charge in [-0.1, -0.05) is 27.7 Å². The Balaban J connectivity index is 2.30. The highest BCUT2D eigenvalue weighted by Gasteiger charge is 2.65. The molecule has 2 N–H and O–H groups in total. The lowest BCUT2D eigenvalue weighted by molar-refractivity contribution is -0.141. The highest BCUT2D eigenvalue weighted by atomic mass is 19.4. The van der Waals surface area contributed by atoms with Crippen LogP contribution in [0.2, 0.25) is 0 Å². The highest BCUT2D eigenvalue weighted by Crippen LogP contribution is 2.63. The van der Waals surface area contributed by atoms with Crippen LogP contribution in [0.5, 0.6) is 0 Å². The molecule has 0 aliphatic heterocycles. The van der Waals surface area contributed by atoms with Crippen LogP contribution in [-0.2, 0) is 6.18 Å².